The van der Waals surface area contributed by atoms with Gasteiger partial charge in [-0.2, -0.15) is 9.97 Å². The van der Waals surface area contributed by atoms with E-state index in [1.165, 1.54) is 0 Å². The molecule has 0 spiro atoms. The molecule has 0 bridgehead atoms. The van der Waals surface area contributed by atoms with Crippen molar-refractivity contribution in [2.45, 2.75) is 0 Å². The maximum absolute atomic E-state index is 5.94. The molecule has 0 radical (unpaired) electrons. The van der Waals surface area contributed by atoms with E-state index in [1.807, 2.05) is 12.1 Å². The number of likely N-dealkylation sites (N-methyl/N-ethyl adjacent to an activating group) is 1. The number of nitrogens with one attached hydrogen (secondary N) is 1. The van der Waals surface area contributed by atoms with Gasteiger partial charge in [-0.1, -0.05) is 28.1 Å². The molecule has 6 nitrogen and oxygen atoms in total. The summed E-state index contributed by atoms with van der Waals surface area (Å²) in [5.74, 6) is 1.23. The van der Waals surface area contributed by atoms with Crippen LogP contribution >= 0.6 is 15.9 Å². The van der Waals surface area contributed by atoms with E-state index in [9.17, 15) is 0 Å². The number of nitrogens with two attached hydrogens (primary N) is 1. The van der Waals surface area contributed by atoms with Crippen LogP contribution in [0.4, 0.5) is 11.8 Å². The standard InChI is InChI=1S/C17H19BrN6/c1-23-6-8-24(9-7-23)16-13-10-14(11-2-4-12(18)5-3-11)20-15(13)21-17(19)22-16/h2-5,10H,6-9H2,1H3,(H3,19,20,21,22). The van der Waals surface area contributed by atoms with E-state index in [-0.39, 0.29) is 0 Å². The largest absolute Gasteiger partial charge is 0.368 e. The molecule has 24 heavy (non-hydrogen) atoms. The van der Waals surface area contributed by atoms with Crippen LogP contribution in [0.25, 0.3) is 22.3 Å². The van der Waals surface area contributed by atoms with Gasteiger partial charge in [0.05, 0.1) is 5.39 Å². The molecule has 1 aliphatic heterocycles. The molecule has 0 saturated carbocycles. The Morgan fingerprint density at radius 3 is 2.50 bits per heavy atom. The van der Waals surface area contributed by atoms with Crippen molar-refractivity contribution in [3.63, 3.8) is 0 Å². The average Bonchev–Trinajstić information content (AvgIpc) is 2.99. The topological polar surface area (TPSA) is 74.1 Å². The lowest BCUT2D eigenvalue weighted by molar-refractivity contribution is 0.312. The van der Waals surface area contributed by atoms with Crippen LogP contribution in [0.15, 0.2) is 34.8 Å². The second-order valence-electron chi connectivity index (χ2n) is 6.15. The van der Waals surface area contributed by atoms with Gasteiger partial charge in [-0.25, -0.2) is 0 Å². The van der Waals surface area contributed by atoms with Gasteiger partial charge in [0.25, 0.3) is 0 Å². The van der Waals surface area contributed by atoms with Gasteiger partial charge < -0.3 is 20.5 Å². The van der Waals surface area contributed by atoms with Crippen molar-refractivity contribution in [1.29, 1.82) is 0 Å². The summed E-state index contributed by atoms with van der Waals surface area (Å²) >= 11 is 3.47. The lowest BCUT2D eigenvalue weighted by atomic mass is 10.1. The van der Waals surface area contributed by atoms with Gasteiger partial charge in [-0.05, 0) is 30.8 Å². The molecule has 2 aromatic heterocycles. The first-order valence-corrected chi connectivity index (χ1v) is 8.75. The van der Waals surface area contributed by atoms with E-state index in [0.29, 0.717) is 5.95 Å². The summed E-state index contributed by atoms with van der Waals surface area (Å²) in [6.07, 6.45) is 0. The van der Waals surface area contributed by atoms with Crippen LogP contribution in [0, 0.1) is 0 Å². The molecular formula is C17H19BrN6. The molecule has 7 heteroatoms. The Morgan fingerprint density at radius 1 is 1.08 bits per heavy atom. The second-order valence-corrected chi connectivity index (χ2v) is 7.06. The van der Waals surface area contributed by atoms with Crippen LogP contribution in [0.5, 0.6) is 0 Å². The highest BCUT2D eigenvalue weighted by atomic mass is 79.9. The summed E-state index contributed by atoms with van der Waals surface area (Å²) in [4.78, 5) is 16.9. The van der Waals surface area contributed by atoms with Crippen molar-refractivity contribution < 1.29 is 0 Å². The number of nitrogen functional groups attached to an aromatic ring is 1. The molecule has 3 aromatic rings. The van der Waals surface area contributed by atoms with E-state index in [2.05, 4.69) is 65.9 Å². The average molecular weight is 387 g/mol. The van der Waals surface area contributed by atoms with Gasteiger partial charge in [0.15, 0.2) is 0 Å². The van der Waals surface area contributed by atoms with Crippen LogP contribution in [-0.4, -0.2) is 53.1 Å². The summed E-state index contributed by atoms with van der Waals surface area (Å²) in [6, 6.07) is 10.3. The van der Waals surface area contributed by atoms with Crippen molar-refractivity contribution in [1.82, 2.24) is 19.9 Å². The number of benzene rings is 1. The first-order chi connectivity index (χ1) is 11.6. The molecule has 1 saturated heterocycles. The fourth-order valence-electron chi connectivity index (χ4n) is 3.05. The summed E-state index contributed by atoms with van der Waals surface area (Å²) in [6.45, 7) is 3.94. The summed E-state index contributed by atoms with van der Waals surface area (Å²) in [5, 5.41) is 1.02. The Morgan fingerprint density at radius 2 is 1.79 bits per heavy atom. The number of H-pyrrole nitrogens is 1. The zero-order chi connectivity index (χ0) is 16.7. The maximum atomic E-state index is 5.94. The van der Waals surface area contributed by atoms with Gasteiger partial charge in [0, 0.05) is 36.3 Å². The third kappa shape index (κ3) is 2.85. The molecule has 0 unspecified atom stereocenters. The Bertz CT molecular complexity index is 865. The highest BCUT2D eigenvalue weighted by Gasteiger charge is 2.20. The fraction of sp³-hybridized carbons (Fsp3) is 0.294. The minimum Gasteiger partial charge on any atom is -0.368 e. The van der Waals surface area contributed by atoms with Gasteiger partial charge in [-0.15, -0.1) is 0 Å². The van der Waals surface area contributed by atoms with Crippen molar-refractivity contribution in [3.8, 4) is 11.3 Å². The molecule has 0 atom stereocenters. The SMILES string of the molecule is CN1CCN(c2nc(N)nc3[nH]c(-c4ccc(Br)cc4)cc23)CC1. The lowest BCUT2D eigenvalue weighted by Crippen LogP contribution is -2.45. The number of nitrogens with zero attached hydrogens (tertiary/aromatic N) is 4. The van der Waals surface area contributed by atoms with E-state index in [0.717, 1.165) is 58.8 Å². The third-order valence-electron chi connectivity index (χ3n) is 4.44. The van der Waals surface area contributed by atoms with Crippen LogP contribution < -0.4 is 10.6 Å². The van der Waals surface area contributed by atoms with Crippen molar-refractivity contribution in [2.75, 3.05) is 43.9 Å². The van der Waals surface area contributed by atoms with Crippen LogP contribution in [0.1, 0.15) is 0 Å². The predicted octanol–water partition coefficient (Wildman–Crippen LogP) is 2.72. The van der Waals surface area contributed by atoms with Gasteiger partial charge in [0.2, 0.25) is 5.95 Å². The highest BCUT2D eigenvalue weighted by Crippen LogP contribution is 2.30. The number of anilines is 2. The number of aromatic amines is 1. The third-order valence-corrected chi connectivity index (χ3v) is 4.97. The number of piperazine rings is 1. The Kier molecular flexibility index (Phi) is 3.90. The maximum Gasteiger partial charge on any atom is 0.223 e. The van der Waals surface area contributed by atoms with Gasteiger partial charge in [-0.3, -0.25) is 0 Å². The van der Waals surface area contributed by atoms with E-state index >= 15 is 0 Å². The Labute approximate surface area is 148 Å². The Balaban J connectivity index is 1.78. The second kappa shape index (κ2) is 6.07. The first kappa shape index (κ1) is 15.4. The first-order valence-electron chi connectivity index (χ1n) is 7.96. The van der Waals surface area contributed by atoms with Crippen molar-refractivity contribution in [3.05, 3.63) is 34.8 Å². The monoisotopic (exact) mass is 386 g/mol. The molecule has 1 aromatic carbocycles. The molecule has 1 aliphatic rings. The number of rotatable bonds is 2. The number of halogens is 1. The highest BCUT2D eigenvalue weighted by molar-refractivity contribution is 9.10. The molecule has 0 aliphatic carbocycles. The van der Waals surface area contributed by atoms with Crippen LogP contribution in [0.2, 0.25) is 0 Å². The van der Waals surface area contributed by atoms with E-state index < -0.39 is 0 Å². The van der Waals surface area contributed by atoms with Crippen LogP contribution in [0.3, 0.4) is 0 Å². The normalized spacial score (nSPS) is 16.0. The van der Waals surface area contributed by atoms with Crippen molar-refractivity contribution in [2.24, 2.45) is 0 Å². The predicted molar refractivity (Wildman–Crippen MR) is 101 cm³/mol. The summed E-state index contributed by atoms with van der Waals surface area (Å²) in [5.41, 5.74) is 8.86. The smallest absolute Gasteiger partial charge is 0.223 e. The molecule has 1 fully saturated rings. The number of fused-ring (bicyclic) bond motifs is 1. The number of hydrogen-bond donors (Lipinski definition) is 2. The fourth-order valence-corrected chi connectivity index (χ4v) is 3.32. The summed E-state index contributed by atoms with van der Waals surface area (Å²) < 4.78 is 1.06. The number of hydrogen-bond acceptors (Lipinski definition) is 5. The summed E-state index contributed by atoms with van der Waals surface area (Å²) in [7, 11) is 2.14. The molecule has 0 amide bonds. The minimum absolute atomic E-state index is 0.306. The minimum atomic E-state index is 0.306. The quantitative estimate of drug-likeness (QED) is 0.708. The lowest BCUT2D eigenvalue weighted by Gasteiger charge is -2.33. The molecule has 3 N–H and O–H groups in total. The molecule has 3 heterocycles. The molecule has 124 valence electrons. The molecule has 4 rings (SSSR count). The van der Waals surface area contributed by atoms with E-state index in [4.69, 9.17) is 5.73 Å². The zero-order valence-corrected chi connectivity index (χ0v) is 15.0. The van der Waals surface area contributed by atoms with Crippen molar-refractivity contribution >= 4 is 38.7 Å². The zero-order valence-electron chi connectivity index (χ0n) is 13.5. The molecular weight excluding hydrogens is 368 g/mol. The van der Waals surface area contributed by atoms with E-state index in [1.54, 1.807) is 0 Å². The van der Waals surface area contributed by atoms with Gasteiger partial charge in [0.1, 0.15) is 11.5 Å². The Hall–Kier alpha value is -2.12. The van der Waals surface area contributed by atoms with Crippen LogP contribution in [-0.2, 0) is 0 Å². The number of aromatic nitrogens is 3. The van der Waals surface area contributed by atoms with Gasteiger partial charge >= 0.3 is 0 Å².